The van der Waals surface area contributed by atoms with Gasteiger partial charge in [0.2, 0.25) is 11.9 Å². The second kappa shape index (κ2) is 7.77. The summed E-state index contributed by atoms with van der Waals surface area (Å²) in [5, 5.41) is 3.67. The van der Waals surface area contributed by atoms with Crippen LogP contribution in [0.3, 0.4) is 0 Å². The smallest absolute Gasteiger partial charge is 0.272 e. The van der Waals surface area contributed by atoms with Crippen LogP contribution in [0.25, 0.3) is 11.0 Å². The molecule has 0 saturated carbocycles. The van der Waals surface area contributed by atoms with Crippen molar-refractivity contribution in [1.82, 2.24) is 19.9 Å². The highest BCUT2D eigenvalue weighted by Gasteiger charge is 2.29. The van der Waals surface area contributed by atoms with E-state index in [1.54, 1.807) is 41.4 Å². The summed E-state index contributed by atoms with van der Waals surface area (Å²) in [7, 11) is 0. The number of pyridine rings is 1. The van der Waals surface area contributed by atoms with Crippen LogP contribution < -0.4 is 5.32 Å². The maximum absolute atomic E-state index is 12.7. The predicted molar refractivity (Wildman–Crippen MR) is 108 cm³/mol. The number of aromatic amines is 1. The number of amides is 2. The van der Waals surface area contributed by atoms with E-state index in [-0.39, 0.29) is 17.7 Å². The first-order valence-corrected chi connectivity index (χ1v) is 9.63. The average Bonchev–Trinajstić information content (AvgIpc) is 3.10. The number of rotatable bonds is 3. The summed E-state index contributed by atoms with van der Waals surface area (Å²) < 4.78 is 0. The number of nitrogens with zero attached hydrogens (tertiary/aromatic N) is 3. The lowest BCUT2D eigenvalue weighted by molar-refractivity contribution is -0.121. The molecule has 9 heteroatoms. The molecular weight excluding hydrogens is 401 g/mol. The fourth-order valence-electron chi connectivity index (χ4n) is 3.35. The number of carbonyl (C=O) groups is 2. The average molecular weight is 418 g/mol. The van der Waals surface area contributed by atoms with Crippen molar-refractivity contribution < 1.29 is 9.59 Å². The molecule has 2 N–H and O–H groups in total. The van der Waals surface area contributed by atoms with Crippen LogP contribution in [0, 0.1) is 5.92 Å². The molecule has 0 aliphatic carbocycles. The molecule has 4 rings (SSSR count). The first-order valence-electron chi connectivity index (χ1n) is 8.87. The fraction of sp³-hybridized carbons (Fsp3) is 0.263. The van der Waals surface area contributed by atoms with Crippen LogP contribution in [0.2, 0.25) is 10.0 Å². The number of carbonyl (C=O) groups excluding carboxylic acids is 2. The molecule has 1 aromatic carbocycles. The van der Waals surface area contributed by atoms with Gasteiger partial charge in [0.15, 0.2) is 0 Å². The lowest BCUT2D eigenvalue weighted by Gasteiger charge is -2.31. The molecule has 1 aliphatic rings. The van der Waals surface area contributed by atoms with Crippen LogP contribution in [0.1, 0.15) is 23.3 Å². The minimum Gasteiger partial charge on any atom is -0.337 e. The lowest BCUT2D eigenvalue weighted by atomic mass is 9.97. The number of likely N-dealkylation sites (tertiary alicyclic amines) is 1. The Labute approximate surface area is 171 Å². The largest absolute Gasteiger partial charge is 0.337 e. The van der Waals surface area contributed by atoms with Crippen molar-refractivity contribution >= 4 is 52.0 Å². The van der Waals surface area contributed by atoms with Crippen LogP contribution in [-0.2, 0) is 4.79 Å². The van der Waals surface area contributed by atoms with Crippen molar-refractivity contribution in [2.45, 2.75) is 12.8 Å². The van der Waals surface area contributed by atoms with Crippen molar-refractivity contribution in [2.24, 2.45) is 5.92 Å². The Hall–Kier alpha value is -2.64. The number of piperidine rings is 1. The van der Waals surface area contributed by atoms with E-state index in [2.05, 4.69) is 20.3 Å². The molecule has 0 bridgehead atoms. The monoisotopic (exact) mass is 417 g/mol. The van der Waals surface area contributed by atoms with Crippen LogP contribution in [-0.4, -0.2) is 44.8 Å². The zero-order valence-corrected chi connectivity index (χ0v) is 16.3. The molecule has 1 unspecified atom stereocenters. The zero-order chi connectivity index (χ0) is 19.7. The van der Waals surface area contributed by atoms with Gasteiger partial charge < -0.3 is 9.88 Å². The van der Waals surface area contributed by atoms with Crippen molar-refractivity contribution in [3.63, 3.8) is 0 Å². The van der Waals surface area contributed by atoms with E-state index < -0.39 is 0 Å². The van der Waals surface area contributed by atoms with Crippen LogP contribution >= 0.6 is 23.2 Å². The lowest BCUT2D eigenvalue weighted by Crippen LogP contribution is -2.44. The summed E-state index contributed by atoms with van der Waals surface area (Å²) in [6.07, 6.45) is 3.03. The molecule has 3 aromatic rings. The summed E-state index contributed by atoms with van der Waals surface area (Å²) in [6, 6.07) is 8.50. The van der Waals surface area contributed by atoms with Crippen molar-refractivity contribution in [3.8, 4) is 0 Å². The number of benzene rings is 1. The van der Waals surface area contributed by atoms with Gasteiger partial charge >= 0.3 is 0 Å². The molecule has 2 aromatic heterocycles. The molecule has 1 fully saturated rings. The number of nitrogens with one attached hydrogen (secondary N) is 2. The predicted octanol–water partition coefficient (Wildman–Crippen LogP) is 3.76. The van der Waals surface area contributed by atoms with Crippen molar-refractivity contribution in [3.05, 3.63) is 52.3 Å². The maximum atomic E-state index is 12.7. The number of anilines is 1. The van der Waals surface area contributed by atoms with E-state index in [0.29, 0.717) is 52.2 Å². The summed E-state index contributed by atoms with van der Waals surface area (Å²) in [5.74, 6) is -0.380. The maximum Gasteiger partial charge on any atom is 0.272 e. The minimum absolute atomic E-state index is 0.164. The van der Waals surface area contributed by atoms with E-state index in [9.17, 15) is 9.59 Å². The highest BCUT2D eigenvalue weighted by Crippen LogP contribution is 2.28. The Bertz CT molecular complexity index is 1040. The summed E-state index contributed by atoms with van der Waals surface area (Å²) in [6.45, 7) is 0.950. The second-order valence-corrected chi connectivity index (χ2v) is 7.51. The van der Waals surface area contributed by atoms with Gasteiger partial charge in [-0.2, -0.15) is 0 Å². The number of fused-ring (bicyclic) bond motifs is 1. The van der Waals surface area contributed by atoms with Gasteiger partial charge in [-0.3, -0.25) is 19.9 Å². The molecule has 28 heavy (non-hydrogen) atoms. The van der Waals surface area contributed by atoms with Crippen LogP contribution in [0.4, 0.5) is 5.95 Å². The van der Waals surface area contributed by atoms with E-state index in [1.165, 1.54) is 0 Å². The first kappa shape index (κ1) is 18.7. The highest BCUT2D eigenvalue weighted by molar-refractivity contribution is 6.38. The van der Waals surface area contributed by atoms with Crippen LogP contribution in [0.15, 0.2) is 36.5 Å². The van der Waals surface area contributed by atoms with Crippen molar-refractivity contribution in [2.75, 3.05) is 18.4 Å². The Morgan fingerprint density at radius 3 is 2.89 bits per heavy atom. The third-order valence-corrected chi connectivity index (χ3v) is 5.22. The number of aromatic nitrogens is 3. The molecular formula is C19H17Cl2N5O2. The molecule has 0 radical (unpaired) electrons. The summed E-state index contributed by atoms with van der Waals surface area (Å²) in [5.41, 5.74) is 1.56. The minimum atomic E-state index is -0.325. The quantitative estimate of drug-likeness (QED) is 0.678. The number of hydrogen-bond donors (Lipinski definition) is 2. The second-order valence-electron chi connectivity index (χ2n) is 6.66. The number of imidazole rings is 1. The Morgan fingerprint density at radius 2 is 2.11 bits per heavy atom. The van der Waals surface area contributed by atoms with Crippen molar-refractivity contribution in [1.29, 1.82) is 0 Å². The van der Waals surface area contributed by atoms with Gasteiger partial charge in [-0.05, 0) is 37.1 Å². The van der Waals surface area contributed by atoms with Gasteiger partial charge in [-0.1, -0.05) is 29.3 Å². The van der Waals surface area contributed by atoms with Gasteiger partial charge in [0.1, 0.15) is 11.2 Å². The van der Waals surface area contributed by atoms with Gasteiger partial charge in [-0.25, -0.2) is 4.98 Å². The third-order valence-electron chi connectivity index (χ3n) is 4.71. The van der Waals surface area contributed by atoms with Gasteiger partial charge in [0.05, 0.1) is 16.5 Å². The standard InChI is InChI=1S/C19H17Cl2N5O2/c20-12-8-13(21)16-15(9-12)23-19(24-16)25-17(27)11-4-3-7-26(10-11)18(28)14-5-1-2-6-22-14/h1-2,5-6,8-9,11H,3-4,7,10H2,(H2,23,24,25,27). The van der Waals surface area contributed by atoms with Gasteiger partial charge in [0, 0.05) is 24.3 Å². The Kier molecular flexibility index (Phi) is 5.19. The van der Waals surface area contributed by atoms with Gasteiger partial charge in [0.25, 0.3) is 5.91 Å². The third kappa shape index (κ3) is 3.81. The number of halogens is 2. The molecule has 3 heterocycles. The van der Waals surface area contributed by atoms with Gasteiger partial charge in [-0.15, -0.1) is 0 Å². The topological polar surface area (TPSA) is 91.0 Å². The van der Waals surface area contributed by atoms with E-state index in [0.717, 1.165) is 6.42 Å². The number of hydrogen-bond acceptors (Lipinski definition) is 4. The first-order chi connectivity index (χ1) is 13.5. The molecule has 1 atom stereocenters. The molecule has 1 saturated heterocycles. The van der Waals surface area contributed by atoms with Crippen LogP contribution in [0.5, 0.6) is 0 Å². The summed E-state index contributed by atoms with van der Waals surface area (Å²) >= 11 is 12.1. The van der Waals surface area contributed by atoms with E-state index >= 15 is 0 Å². The SMILES string of the molecule is O=C(Nc1nc2c(Cl)cc(Cl)cc2[nH]1)C1CCCN(C(=O)c2ccccn2)C1. The Balaban J connectivity index is 1.46. The summed E-state index contributed by atoms with van der Waals surface area (Å²) in [4.78, 5) is 38.4. The number of H-pyrrole nitrogens is 1. The molecule has 7 nitrogen and oxygen atoms in total. The van der Waals surface area contributed by atoms with E-state index in [1.807, 2.05) is 0 Å². The normalized spacial score (nSPS) is 16.9. The molecule has 144 valence electrons. The van der Waals surface area contributed by atoms with E-state index in [4.69, 9.17) is 23.2 Å². The molecule has 0 spiro atoms. The fourth-order valence-corrected chi connectivity index (χ4v) is 3.88. The Morgan fingerprint density at radius 1 is 1.25 bits per heavy atom. The molecule has 2 amide bonds. The molecule has 1 aliphatic heterocycles. The highest BCUT2D eigenvalue weighted by atomic mass is 35.5. The zero-order valence-electron chi connectivity index (χ0n) is 14.8.